The molecule has 0 unspecified atom stereocenters. The van der Waals surface area contributed by atoms with E-state index in [4.69, 9.17) is 4.74 Å². The molecule has 0 atom stereocenters. The topological polar surface area (TPSA) is 61.8 Å². The number of piperidine rings is 1. The fourth-order valence-corrected chi connectivity index (χ4v) is 3.11. The standard InChI is InChI=1S/C22H25FN2O3/c1-17(19-7-9-20(26)10-8-19)24-16-22(23)11-13-25(14-12-22)21(27)28-15-18-5-3-2-4-6-18/h2-10,24,26H,1,11-16H2. The lowest BCUT2D eigenvalue weighted by molar-refractivity contribution is 0.0429. The van der Waals surface area contributed by atoms with E-state index >= 15 is 4.39 Å². The molecule has 0 radical (unpaired) electrons. The van der Waals surface area contributed by atoms with Crippen molar-refractivity contribution in [3.05, 3.63) is 72.3 Å². The first-order valence-corrected chi connectivity index (χ1v) is 9.32. The molecule has 3 rings (SSSR count). The van der Waals surface area contributed by atoms with Crippen LogP contribution in [0.2, 0.25) is 0 Å². The van der Waals surface area contributed by atoms with Gasteiger partial charge in [-0.3, -0.25) is 0 Å². The molecule has 6 heteroatoms. The fourth-order valence-electron chi connectivity index (χ4n) is 3.11. The van der Waals surface area contributed by atoms with Crippen LogP contribution >= 0.6 is 0 Å². The molecule has 1 fully saturated rings. The van der Waals surface area contributed by atoms with E-state index in [0.717, 1.165) is 11.1 Å². The van der Waals surface area contributed by atoms with Gasteiger partial charge in [0, 0.05) is 38.2 Å². The first-order valence-electron chi connectivity index (χ1n) is 9.32. The summed E-state index contributed by atoms with van der Waals surface area (Å²) in [5, 5.41) is 12.4. The minimum absolute atomic E-state index is 0.125. The lowest BCUT2D eigenvalue weighted by Gasteiger charge is -2.36. The number of aromatic hydroxyl groups is 1. The van der Waals surface area contributed by atoms with Crippen LogP contribution in [-0.2, 0) is 11.3 Å². The molecule has 2 N–H and O–H groups in total. The van der Waals surface area contributed by atoms with Crippen molar-refractivity contribution in [3.63, 3.8) is 0 Å². The van der Waals surface area contributed by atoms with Crippen molar-refractivity contribution >= 4 is 11.8 Å². The average molecular weight is 384 g/mol. The molecular weight excluding hydrogens is 359 g/mol. The van der Waals surface area contributed by atoms with E-state index in [2.05, 4.69) is 11.9 Å². The summed E-state index contributed by atoms with van der Waals surface area (Å²) in [6.07, 6.45) is 0.0689. The Kier molecular flexibility index (Phi) is 6.19. The van der Waals surface area contributed by atoms with E-state index < -0.39 is 11.8 Å². The number of likely N-dealkylation sites (tertiary alicyclic amines) is 1. The van der Waals surface area contributed by atoms with E-state index in [-0.39, 0.29) is 31.7 Å². The highest BCUT2D eigenvalue weighted by Gasteiger charge is 2.36. The summed E-state index contributed by atoms with van der Waals surface area (Å²) in [6.45, 7) is 4.89. The molecule has 0 bridgehead atoms. The first-order chi connectivity index (χ1) is 13.5. The molecule has 1 heterocycles. The second-order valence-electron chi connectivity index (χ2n) is 7.06. The lowest BCUT2D eigenvalue weighted by Crippen LogP contribution is -2.48. The Morgan fingerprint density at radius 1 is 1.14 bits per heavy atom. The second-order valence-corrected chi connectivity index (χ2v) is 7.06. The summed E-state index contributed by atoms with van der Waals surface area (Å²) < 4.78 is 20.4. The Bertz CT molecular complexity index is 800. The van der Waals surface area contributed by atoms with Gasteiger partial charge >= 0.3 is 6.09 Å². The number of alkyl halides is 1. The largest absolute Gasteiger partial charge is 0.508 e. The van der Waals surface area contributed by atoms with Gasteiger partial charge < -0.3 is 20.1 Å². The van der Waals surface area contributed by atoms with E-state index in [0.29, 0.717) is 18.8 Å². The number of halogens is 1. The highest BCUT2D eigenvalue weighted by atomic mass is 19.1. The number of hydrogen-bond acceptors (Lipinski definition) is 4. The van der Waals surface area contributed by atoms with Crippen LogP contribution in [0.4, 0.5) is 9.18 Å². The van der Waals surface area contributed by atoms with Gasteiger partial charge in [0.05, 0.1) is 0 Å². The number of hydrogen-bond donors (Lipinski definition) is 2. The van der Waals surface area contributed by atoms with Crippen LogP contribution in [0.1, 0.15) is 24.0 Å². The van der Waals surface area contributed by atoms with E-state index in [1.165, 1.54) is 0 Å². The van der Waals surface area contributed by atoms with Gasteiger partial charge in [0.25, 0.3) is 0 Å². The van der Waals surface area contributed by atoms with Crippen LogP contribution in [0.3, 0.4) is 0 Å². The minimum Gasteiger partial charge on any atom is -0.508 e. The maximum absolute atomic E-state index is 15.1. The zero-order chi connectivity index (χ0) is 20.0. The lowest BCUT2D eigenvalue weighted by atomic mass is 9.93. The molecule has 2 aromatic carbocycles. The summed E-state index contributed by atoms with van der Waals surface area (Å²) >= 11 is 0. The number of carbonyl (C=O) groups is 1. The molecular formula is C22H25FN2O3. The van der Waals surface area contributed by atoms with Gasteiger partial charge in [-0.2, -0.15) is 0 Å². The van der Waals surface area contributed by atoms with Gasteiger partial charge in [-0.25, -0.2) is 9.18 Å². The van der Waals surface area contributed by atoms with Gasteiger partial charge in [0.15, 0.2) is 0 Å². The smallest absolute Gasteiger partial charge is 0.410 e. The Hall–Kier alpha value is -3.02. The molecule has 1 aliphatic heterocycles. The van der Waals surface area contributed by atoms with Crippen molar-refractivity contribution in [2.45, 2.75) is 25.1 Å². The number of ether oxygens (including phenoxy) is 1. The summed E-state index contributed by atoms with van der Waals surface area (Å²) in [4.78, 5) is 13.7. The number of rotatable bonds is 6. The molecule has 28 heavy (non-hydrogen) atoms. The quantitative estimate of drug-likeness (QED) is 0.787. The predicted molar refractivity (Wildman–Crippen MR) is 106 cm³/mol. The summed E-state index contributed by atoms with van der Waals surface area (Å²) in [5.41, 5.74) is 0.908. The molecule has 0 aromatic heterocycles. The Morgan fingerprint density at radius 3 is 2.43 bits per heavy atom. The molecule has 1 amide bonds. The van der Waals surface area contributed by atoms with Crippen molar-refractivity contribution in [1.82, 2.24) is 10.2 Å². The van der Waals surface area contributed by atoms with E-state index in [1.807, 2.05) is 30.3 Å². The highest BCUT2D eigenvalue weighted by molar-refractivity contribution is 5.67. The Balaban J connectivity index is 1.43. The molecule has 5 nitrogen and oxygen atoms in total. The third-order valence-electron chi connectivity index (χ3n) is 4.96. The van der Waals surface area contributed by atoms with Gasteiger partial charge in [0.2, 0.25) is 0 Å². The number of carbonyl (C=O) groups excluding carboxylic acids is 1. The Labute approximate surface area is 164 Å². The van der Waals surface area contributed by atoms with Gasteiger partial charge in [0.1, 0.15) is 18.0 Å². The molecule has 1 saturated heterocycles. The maximum Gasteiger partial charge on any atom is 0.410 e. The zero-order valence-electron chi connectivity index (χ0n) is 15.7. The molecule has 0 saturated carbocycles. The molecule has 0 spiro atoms. The highest BCUT2D eigenvalue weighted by Crippen LogP contribution is 2.27. The van der Waals surface area contributed by atoms with Crippen molar-refractivity contribution in [2.75, 3.05) is 19.6 Å². The third-order valence-corrected chi connectivity index (χ3v) is 4.96. The SMILES string of the molecule is C=C(NCC1(F)CCN(C(=O)OCc2ccccc2)CC1)c1ccc(O)cc1. The minimum atomic E-state index is -1.41. The second kappa shape index (κ2) is 8.78. The predicted octanol–water partition coefficient (Wildman–Crippen LogP) is 4.09. The van der Waals surface area contributed by atoms with Crippen LogP contribution in [0, 0.1) is 0 Å². The van der Waals surface area contributed by atoms with Crippen molar-refractivity contribution < 1.29 is 19.0 Å². The average Bonchev–Trinajstić information content (AvgIpc) is 2.72. The van der Waals surface area contributed by atoms with Gasteiger partial charge in [-0.15, -0.1) is 0 Å². The molecule has 2 aromatic rings. The number of nitrogens with one attached hydrogen (secondary N) is 1. The van der Waals surface area contributed by atoms with Gasteiger partial charge in [-0.1, -0.05) is 36.9 Å². The maximum atomic E-state index is 15.1. The van der Waals surface area contributed by atoms with Crippen molar-refractivity contribution in [1.29, 1.82) is 0 Å². The zero-order valence-corrected chi connectivity index (χ0v) is 15.7. The van der Waals surface area contributed by atoms with Crippen LogP contribution in [-0.4, -0.2) is 41.4 Å². The van der Waals surface area contributed by atoms with Gasteiger partial charge in [-0.05, 0) is 35.4 Å². The number of phenolic OH excluding ortho intramolecular Hbond substituents is 1. The monoisotopic (exact) mass is 384 g/mol. The summed E-state index contributed by atoms with van der Waals surface area (Å²) in [7, 11) is 0. The molecule has 1 aliphatic rings. The Morgan fingerprint density at radius 2 is 1.79 bits per heavy atom. The number of phenols is 1. The van der Waals surface area contributed by atoms with E-state index in [9.17, 15) is 9.90 Å². The first kappa shape index (κ1) is 19.7. The van der Waals surface area contributed by atoms with Crippen molar-refractivity contribution in [2.24, 2.45) is 0 Å². The van der Waals surface area contributed by atoms with E-state index in [1.54, 1.807) is 29.2 Å². The van der Waals surface area contributed by atoms with Crippen LogP contribution in [0.25, 0.3) is 5.70 Å². The summed E-state index contributed by atoms with van der Waals surface area (Å²) in [5.74, 6) is 0.171. The number of benzene rings is 2. The van der Waals surface area contributed by atoms with Crippen LogP contribution in [0.15, 0.2) is 61.2 Å². The third kappa shape index (κ3) is 5.25. The normalized spacial score (nSPS) is 15.7. The number of nitrogens with zero attached hydrogens (tertiary/aromatic N) is 1. The number of amides is 1. The van der Waals surface area contributed by atoms with Crippen LogP contribution < -0.4 is 5.32 Å². The molecule has 0 aliphatic carbocycles. The fraction of sp³-hybridized carbons (Fsp3) is 0.318. The molecule has 148 valence electrons. The summed E-state index contributed by atoms with van der Waals surface area (Å²) in [6, 6.07) is 16.0. The van der Waals surface area contributed by atoms with Crippen LogP contribution in [0.5, 0.6) is 5.75 Å². The van der Waals surface area contributed by atoms with Crippen molar-refractivity contribution in [3.8, 4) is 5.75 Å².